The molecule has 0 amide bonds. The van der Waals surface area contributed by atoms with Gasteiger partial charge >= 0.3 is 0 Å². The maximum Gasteiger partial charge on any atom is 0.146 e. The quantitative estimate of drug-likeness (QED) is 0.485. The second-order valence-electron chi connectivity index (χ2n) is 10.0. The number of ether oxygens (including phenoxy) is 2. The van der Waals surface area contributed by atoms with Gasteiger partial charge in [0.05, 0.1) is 6.10 Å². The van der Waals surface area contributed by atoms with Crippen LogP contribution in [0.2, 0.25) is 0 Å². The monoisotopic (exact) mass is 372 g/mol. The molecule has 27 heavy (non-hydrogen) atoms. The van der Waals surface area contributed by atoms with Crippen LogP contribution in [0.3, 0.4) is 0 Å². The molecule has 0 aromatic heterocycles. The van der Waals surface area contributed by atoms with Gasteiger partial charge in [-0.15, -0.1) is 0 Å². The van der Waals surface area contributed by atoms with Crippen LogP contribution >= 0.6 is 0 Å². The molecular weight excluding hydrogens is 336 g/mol. The van der Waals surface area contributed by atoms with Crippen molar-refractivity contribution in [3.8, 4) is 0 Å². The van der Waals surface area contributed by atoms with Gasteiger partial charge in [-0.2, -0.15) is 0 Å². The van der Waals surface area contributed by atoms with Gasteiger partial charge < -0.3 is 14.3 Å². The van der Waals surface area contributed by atoms with E-state index < -0.39 is 0 Å². The number of aldehydes is 1. The lowest BCUT2D eigenvalue weighted by atomic mass is 9.50. The van der Waals surface area contributed by atoms with E-state index in [0.717, 1.165) is 12.8 Å². The molecule has 0 saturated heterocycles. The Morgan fingerprint density at radius 1 is 1.15 bits per heavy atom. The molecule has 0 aromatic carbocycles. The predicted octanol–water partition coefficient (Wildman–Crippen LogP) is 5.31. The number of hydrogen-bond acceptors (Lipinski definition) is 3. The predicted molar refractivity (Wildman–Crippen MR) is 107 cm³/mol. The summed E-state index contributed by atoms with van der Waals surface area (Å²) in [4.78, 5) is 11.5. The second kappa shape index (κ2) is 7.15. The molecule has 0 spiro atoms. The third-order valence-corrected chi connectivity index (χ3v) is 8.87. The highest BCUT2D eigenvalue weighted by atomic mass is 16.7. The molecule has 3 saturated carbocycles. The summed E-state index contributed by atoms with van der Waals surface area (Å²) in [7, 11) is 1.70. The number of methoxy groups -OCH3 is 1. The first-order chi connectivity index (χ1) is 12.9. The summed E-state index contributed by atoms with van der Waals surface area (Å²) >= 11 is 0. The summed E-state index contributed by atoms with van der Waals surface area (Å²) in [6.45, 7) is 7.51. The van der Waals surface area contributed by atoms with Gasteiger partial charge in [-0.25, -0.2) is 0 Å². The maximum absolute atomic E-state index is 11.5. The van der Waals surface area contributed by atoms with Gasteiger partial charge in [0.2, 0.25) is 0 Å². The highest BCUT2D eigenvalue weighted by Gasteiger charge is 2.57. The molecular formula is C24H36O3. The van der Waals surface area contributed by atoms with Gasteiger partial charge in [-0.3, -0.25) is 0 Å². The number of carbonyl (C=O) groups is 1. The molecule has 4 aliphatic rings. The van der Waals surface area contributed by atoms with E-state index in [1.165, 1.54) is 38.4 Å². The highest BCUT2D eigenvalue weighted by Crippen LogP contribution is 2.65. The smallest absolute Gasteiger partial charge is 0.146 e. The van der Waals surface area contributed by atoms with E-state index >= 15 is 0 Å². The van der Waals surface area contributed by atoms with E-state index in [-0.39, 0.29) is 5.92 Å². The standard InChI is InChI=1S/C24H36O3/c1-16(14-25)20-7-8-21-19-6-5-17-13-18(27-15-26-4)9-11-23(17,2)22(19)10-12-24(20,21)3/h5-6,14,16,18,20-22H,7-13,15H2,1-4H3. The maximum atomic E-state index is 11.5. The van der Waals surface area contributed by atoms with Crippen LogP contribution in [-0.4, -0.2) is 26.3 Å². The van der Waals surface area contributed by atoms with Crippen LogP contribution < -0.4 is 0 Å². The van der Waals surface area contributed by atoms with Crippen molar-refractivity contribution in [3.05, 3.63) is 23.3 Å². The lowest BCUT2D eigenvalue weighted by Crippen LogP contribution is -2.46. The van der Waals surface area contributed by atoms with Crippen LogP contribution in [0.5, 0.6) is 0 Å². The summed E-state index contributed by atoms with van der Waals surface area (Å²) in [5, 5.41) is 0. The third-order valence-electron chi connectivity index (χ3n) is 8.87. The summed E-state index contributed by atoms with van der Waals surface area (Å²) in [6, 6.07) is 0. The Morgan fingerprint density at radius 2 is 1.96 bits per heavy atom. The number of fused-ring (bicyclic) bond motifs is 5. The van der Waals surface area contributed by atoms with Gasteiger partial charge in [0, 0.05) is 13.0 Å². The molecule has 4 aliphatic carbocycles. The van der Waals surface area contributed by atoms with Gasteiger partial charge in [0.25, 0.3) is 0 Å². The zero-order chi connectivity index (χ0) is 19.2. The van der Waals surface area contributed by atoms with E-state index in [1.54, 1.807) is 18.3 Å². The van der Waals surface area contributed by atoms with E-state index in [2.05, 4.69) is 32.9 Å². The van der Waals surface area contributed by atoms with Crippen molar-refractivity contribution in [2.45, 2.75) is 71.8 Å². The molecule has 0 aliphatic heterocycles. The molecule has 0 aromatic rings. The van der Waals surface area contributed by atoms with E-state index in [0.29, 0.717) is 41.5 Å². The van der Waals surface area contributed by atoms with Crippen molar-refractivity contribution >= 4 is 6.29 Å². The topological polar surface area (TPSA) is 35.5 Å². The lowest BCUT2D eigenvalue weighted by Gasteiger charge is -2.55. The molecule has 0 N–H and O–H groups in total. The van der Waals surface area contributed by atoms with Gasteiger partial charge in [-0.05, 0) is 73.5 Å². The van der Waals surface area contributed by atoms with Crippen molar-refractivity contribution in [2.24, 2.45) is 34.5 Å². The highest BCUT2D eigenvalue weighted by molar-refractivity contribution is 5.54. The Hall–Kier alpha value is -0.930. The van der Waals surface area contributed by atoms with E-state index in [4.69, 9.17) is 9.47 Å². The first-order valence-corrected chi connectivity index (χ1v) is 10.9. The van der Waals surface area contributed by atoms with Crippen LogP contribution in [0.25, 0.3) is 0 Å². The van der Waals surface area contributed by atoms with Crippen molar-refractivity contribution in [2.75, 3.05) is 13.9 Å². The van der Waals surface area contributed by atoms with Crippen LogP contribution in [0.15, 0.2) is 23.3 Å². The second-order valence-corrected chi connectivity index (χ2v) is 10.0. The third kappa shape index (κ3) is 2.97. The summed E-state index contributed by atoms with van der Waals surface area (Å²) in [6.07, 6.45) is 14.8. The molecule has 3 heteroatoms. The Bertz CT molecular complexity index is 650. The minimum Gasteiger partial charge on any atom is -0.359 e. The van der Waals surface area contributed by atoms with Gasteiger partial charge in [0.1, 0.15) is 13.1 Å². The molecule has 3 nitrogen and oxygen atoms in total. The Balaban J connectivity index is 1.60. The van der Waals surface area contributed by atoms with Crippen LogP contribution in [0.4, 0.5) is 0 Å². The average Bonchev–Trinajstić information content (AvgIpc) is 3.02. The van der Waals surface area contributed by atoms with Gasteiger partial charge in [-0.1, -0.05) is 44.1 Å². The number of hydrogen-bond donors (Lipinski definition) is 0. The molecule has 0 heterocycles. The molecule has 4 rings (SSSR count). The number of carbonyl (C=O) groups excluding carboxylic acids is 1. The SMILES string of the molecule is COCOC1CCC2(C)C(=CC=C3C2CCC2(C)C3CCC2C(C)C=O)C1. The normalized spacial score (nSPS) is 44.4. The largest absolute Gasteiger partial charge is 0.359 e. The van der Waals surface area contributed by atoms with E-state index in [1.807, 2.05) is 0 Å². The molecule has 0 radical (unpaired) electrons. The lowest BCUT2D eigenvalue weighted by molar-refractivity contribution is -0.113. The number of allylic oxidation sites excluding steroid dienone is 3. The fourth-order valence-electron chi connectivity index (χ4n) is 7.27. The minimum absolute atomic E-state index is 0.191. The molecule has 150 valence electrons. The van der Waals surface area contributed by atoms with Crippen LogP contribution in [0, 0.1) is 34.5 Å². The Morgan fingerprint density at radius 3 is 2.70 bits per heavy atom. The van der Waals surface area contributed by atoms with Crippen molar-refractivity contribution in [1.29, 1.82) is 0 Å². The average molecular weight is 373 g/mol. The first kappa shape index (κ1) is 19.4. The first-order valence-electron chi connectivity index (χ1n) is 10.9. The summed E-state index contributed by atoms with van der Waals surface area (Å²) in [5.41, 5.74) is 3.89. The molecule has 7 atom stereocenters. The minimum atomic E-state index is 0.191. The van der Waals surface area contributed by atoms with Gasteiger partial charge in [0.15, 0.2) is 0 Å². The van der Waals surface area contributed by atoms with Crippen molar-refractivity contribution in [3.63, 3.8) is 0 Å². The zero-order valence-corrected chi connectivity index (χ0v) is 17.5. The summed E-state index contributed by atoms with van der Waals surface area (Å²) in [5.74, 6) is 2.10. The Kier molecular flexibility index (Phi) is 5.13. The fourth-order valence-corrected chi connectivity index (χ4v) is 7.27. The fraction of sp³-hybridized carbons (Fsp3) is 0.792. The molecule has 3 fully saturated rings. The summed E-state index contributed by atoms with van der Waals surface area (Å²) < 4.78 is 11.0. The molecule has 7 unspecified atom stereocenters. The van der Waals surface area contributed by atoms with Crippen LogP contribution in [0.1, 0.15) is 65.7 Å². The van der Waals surface area contributed by atoms with Crippen molar-refractivity contribution < 1.29 is 14.3 Å². The molecule has 0 bridgehead atoms. The Labute approximate surface area is 164 Å². The van der Waals surface area contributed by atoms with E-state index in [9.17, 15) is 4.79 Å². The zero-order valence-electron chi connectivity index (χ0n) is 17.5. The van der Waals surface area contributed by atoms with Crippen molar-refractivity contribution in [1.82, 2.24) is 0 Å². The van der Waals surface area contributed by atoms with Crippen LogP contribution in [-0.2, 0) is 14.3 Å². The number of rotatable bonds is 5.